The van der Waals surface area contributed by atoms with Crippen LogP contribution in [-0.2, 0) is 0 Å². The first-order valence-corrected chi connectivity index (χ1v) is 8.69. The third-order valence-electron chi connectivity index (χ3n) is 5.35. The molecule has 0 aromatic heterocycles. The van der Waals surface area contributed by atoms with Gasteiger partial charge < -0.3 is 9.80 Å². The van der Waals surface area contributed by atoms with Gasteiger partial charge in [-0.05, 0) is 75.4 Å². The van der Waals surface area contributed by atoms with E-state index in [1.165, 1.54) is 30.5 Å². The van der Waals surface area contributed by atoms with Gasteiger partial charge in [-0.3, -0.25) is 0 Å². The second-order valence-corrected chi connectivity index (χ2v) is 7.22. The largest absolute Gasteiger partial charge is 0.371 e. The van der Waals surface area contributed by atoms with Crippen LogP contribution in [0.5, 0.6) is 0 Å². The highest BCUT2D eigenvalue weighted by Gasteiger charge is 2.29. The topological polar surface area (TPSA) is 6.48 Å². The van der Waals surface area contributed by atoms with Gasteiger partial charge in [0.05, 0.1) is 0 Å². The molecule has 2 fully saturated rings. The van der Waals surface area contributed by atoms with Crippen molar-refractivity contribution in [2.24, 2.45) is 5.92 Å². The molecular formula is C19H28FN2. The highest BCUT2D eigenvalue weighted by atomic mass is 19.1. The van der Waals surface area contributed by atoms with E-state index in [0.29, 0.717) is 6.54 Å². The fourth-order valence-electron chi connectivity index (χ4n) is 3.77. The first-order valence-electron chi connectivity index (χ1n) is 8.69. The molecule has 121 valence electrons. The molecule has 22 heavy (non-hydrogen) atoms. The second kappa shape index (κ2) is 6.99. The molecule has 1 saturated carbocycles. The van der Waals surface area contributed by atoms with E-state index in [2.05, 4.69) is 23.1 Å². The minimum absolute atomic E-state index is 0.223. The van der Waals surface area contributed by atoms with Crippen LogP contribution in [0.4, 0.5) is 10.1 Å². The first kappa shape index (κ1) is 15.8. The van der Waals surface area contributed by atoms with Crippen LogP contribution in [0.25, 0.3) is 0 Å². The highest BCUT2D eigenvalue weighted by Crippen LogP contribution is 2.41. The number of alkyl halides is 1. The fourth-order valence-corrected chi connectivity index (χ4v) is 3.77. The first-order chi connectivity index (χ1) is 10.6. The number of benzene rings is 1. The van der Waals surface area contributed by atoms with Gasteiger partial charge in [-0.15, -0.1) is 0 Å². The summed E-state index contributed by atoms with van der Waals surface area (Å²) in [7, 11) is 3.90. The number of hydrogen-bond donors (Lipinski definition) is 0. The van der Waals surface area contributed by atoms with Crippen LogP contribution in [-0.4, -0.2) is 44.8 Å². The van der Waals surface area contributed by atoms with Gasteiger partial charge >= 0.3 is 0 Å². The molecule has 0 unspecified atom stereocenters. The predicted octanol–water partition coefficient (Wildman–Crippen LogP) is 3.87. The predicted molar refractivity (Wildman–Crippen MR) is 90.3 cm³/mol. The second-order valence-electron chi connectivity index (χ2n) is 7.22. The van der Waals surface area contributed by atoms with Crippen molar-refractivity contribution in [3.05, 3.63) is 29.8 Å². The number of anilines is 1. The van der Waals surface area contributed by atoms with E-state index in [1.54, 1.807) is 0 Å². The van der Waals surface area contributed by atoms with Crippen molar-refractivity contribution < 1.29 is 4.39 Å². The minimum Gasteiger partial charge on any atom is -0.371 e. The summed E-state index contributed by atoms with van der Waals surface area (Å²) >= 11 is 0. The molecule has 0 amide bonds. The maximum Gasteiger partial charge on any atom is 0.116 e. The number of rotatable bonds is 5. The van der Waals surface area contributed by atoms with Gasteiger partial charge in [0, 0.05) is 25.3 Å². The Morgan fingerprint density at radius 1 is 1.27 bits per heavy atom. The van der Waals surface area contributed by atoms with Crippen LogP contribution < -0.4 is 4.90 Å². The monoisotopic (exact) mass is 303 g/mol. The number of hydrogen-bond acceptors (Lipinski definition) is 2. The lowest BCUT2D eigenvalue weighted by Gasteiger charge is -2.38. The third kappa shape index (κ3) is 3.45. The molecule has 1 aromatic rings. The van der Waals surface area contributed by atoms with Gasteiger partial charge in [0.1, 0.15) is 6.17 Å². The maximum atomic E-state index is 14.3. The maximum absolute atomic E-state index is 14.3. The molecule has 1 radical (unpaired) electrons. The van der Waals surface area contributed by atoms with Crippen molar-refractivity contribution in [2.75, 3.05) is 38.6 Å². The Hall–Kier alpha value is -1.09. The molecule has 0 bridgehead atoms. The fraction of sp³-hybridized carbons (Fsp3) is 0.684. The van der Waals surface area contributed by atoms with Crippen LogP contribution in [0.1, 0.15) is 43.6 Å². The normalized spacial score (nSPS) is 21.9. The van der Waals surface area contributed by atoms with Crippen molar-refractivity contribution in [3.63, 3.8) is 0 Å². The van der Waals surface area contributed by atoms with Gasteiger partial charge in [0.25, 0.3) is 0 Å². The molecule has 3 rings (SSSR count). The number of halogens is 1. The Kier molecular flexibility index (Phi) is 5.02. The van der Waals surface area contributed by atoms with Crippen LogP contribution in [0.2, 0.25) is 0 Å². The zero-order chi connectivity index (χ0) is 15.5. The molecule has 2 aliphatic rings. The van der Waals surface area contributed by atoms with E-state index in [0.717, 1.165) is 31.8 Å². The quantitative estimate of drug-likeness (QED) is 0.815. The minimum atomic E-state index is -0.688. The molecule has 0 spiro atoms. The van der Waals surface area contributed by atoms with Gasteiger partial charge in [-0.1, -0.05) is 12.5 Å². The van der Waals surface area contributed by atoms with Gasteiger partial charge in [-0.25, -0.2) is 4.39 Å². The lowest BCUT2D eigenvalue weighted by molar-refractivity contribution is 0.155. The molecule has 1 heterocycles. The molecule has 1 saturated heterocycles. The molecule has 1 aliphatic carbocycles. The van der Waals surface area contributed by atoms with Crippen molar-refractivity contribution in [2.45, 2.75) is 44.2 Å². The lowest BCUT2D eigenvalue weighted by Crippen LogP contribution is -2.40. The van der Waals surface area contributed by atoms with E-state index in [4.69, 9.17) is 0 Å². The van der Waals surface area contributed by atoms with E-state index >= 15 is 0 Å². The summed E-state index contributed by atoms with van der Waals surface area (Å²) in [5.41, 5.74) is 2.85. The number of piperidine rings is 1. The molecule has 1 aromatic carbocycles. The Balaban J connectivity index is 1.62. The van der Waals surface area contributed by atoms with Crippen molar-refractivity contribution in [1.82, 2.24) is 4.90 Å². The van der Waals surface area contributed by atoms with Gasteiger partial charge in [0.15, 0.2) is 0 Å². The van der Waals surface area contributed by atoms with E-state index in [1.807, 2.05) is 25.1 Å². The average Bonchev–Trinajstić information content (AvgIpc) is 2.46. The Labute approximate surface area is 134 Å². The molecule has 1 atom stereocenters. The Morgan fingerprint density at radius 2 is 2.00 bits per heavy atom. The Morgan fingerprint density at radius 3 is 2.59 bits per heavy atom. The molecule has 2 nitrogen and oxygen atoms in total. The standard InChI is InChI=1S/C19H28FN2/c1-21(2)14-18(20)16-10-12-22(13-11-16)19-9-4-3-8-17(19)15-6-5-7-15/h4,8-9,15-16,18H,5-7,10-14H2,1-2H3/t18-/m0/s1. The van der Waals surface area contributed by atoms with Crippen LogP contribution in [0.3, 0.4) is 0 Å². The zero-order valence-electron chi connectivity index (χ0n) is 13.9. The van der Waals surface area contributed by atoms with E-state index in [9.17, 15) is 4.39 Å². The summed E-state index contributed by atoms with van der Waals surface area (Å²) in [6.45, 7) is 2.53. The lowest BCUT2D eigenvalue weighted by atomic mass is 9.79. The Bertz CT molecular complexity index is 476. The third-order valence-corrected chi connectivity index (χ3v) is 5.35. The average molecular weight is 303 g/mol. The van der Waals surface area contributed by atoms with E-state index in [-0.39, 0.29) is 5.92 Å². The summed E-state index contributed by atoms with van der Waals surface area (Å²) in [5.74, 6) is 0.953. The molecule has 1 aliphatic heterocycles. The molecule has 3 heteroatoms. The van der Waals surface area contributed by atoms with Crippen molar-refractivity contribution in [1.29, 1.82) is 0 Å². The smallest absolute Gasteiger partial charge is 0.116 e. The van der Waals surface area contributed by atoms with E-state index < -0.39 is 6.17 Å². The molecular weight excluding hydrogens is 275 g/mol. The highest BCUT2D eigenvalue weighted by molar-refractivity contribution is 5.55. The SMILES string of the molecule is CN(C)C[C@H](F)C1CCN(c2cc[c]cc2C2CCC2)CC1. The number of nitrogens with zero attached hydrogens (tertiary/aromatic N) is 2. The van der Waals surface area contributed by atoms with Crippen LogP contribution >= 0.6 is 0 Å². The van der Waals surface area contributed by atoms with Crippen LogP contribution in [0, 0.1) is 12.0 Å². The molecule has 0 N–H and O–H groups in total. The summed E-state index contributed by atoms with van der Waals surface area (Å²) in [4.78, 5) is 4.43. The van der Waals surface area contributed by atoms with Crippen LogP contribution in [0.15, 0.2) is 18.2 Å². The summed E-state index contributed by atoms with van der Waals surface area (Å²) in [6, 6.07) is 9.65. The summed E-state index contributed by atoms with van der Waals surface area (Å²) < 4.78 is 14.3. The summed E-state index contributed by atoms with van der Waals surface area (Å²) in [6.07, 6.45) is 5.24. The van der Waals surface area contributed by atoms with Crippen molar-refractivity contribution >= 4 is 5.69 Å². The summed E-state index contributed by atoms with van der Waals surface area (Å²) in [5, 5.41) is 0. The van der Waals surface area contributed by atoms with Crippen molar-refractivity contribution in [3.8, 4) is 0 Å². The van der Waals surface area contributed by atoms with Gasteiger partial charge in [-0.2, -0.15) is 0 Å². The zero-order valence-corrected chi connectivity index (χ0v) is 13.9. The van der Waals surface area contributed by atoms with Gasteiger partial charge in [0.2, 0.25) is 0 Å².